The molecule has 0 atom stereocenters. The Morgan fingerprint density at radius 2 is 1.47 bits per heavy atom. The summed E-state index contributed by atoms with van der Waals surface area (Å²) in [5, 5.41) is 5.87. The molecule has 7 aromatic rings. The molecule has 2 heterocycles. The summed E-state index contributed by atoms with van der Waals surface area (Å²) in [4.78, 5) is 13.8. The van der Waals surface area contributed by atoms with Crippen LogP contribution in [0.15, 0.2) is 109 Å². The second kappa shape index (κ2) is 13.4. The van der Waals surface area contributed by atoms with Crippen molar-refractivity contribution in [1.29, 1.82) is 0 Å². The number of nitrogens with zero attached hydrogens (tertiary/aromatic N) is 3. The quantitative estimate of drug-likeness (QED) is 0.134. The minimum atomic E-state index is 0. The second-order valence-electron chi connectivity index (χ2n) is 11.3. The summed E-state index contributed by atoms with van der Waals surface area (Å²) in [6.07, 6.45) is 4.96. The molecule has 2 aromatic heterocycles. The van der Waals surface area contributed by atoms with Gasteiger partial charge in [0.15, 0.2) is 0 Å². The third kappa shape index (κ3) is 7.05. The van der Waals surface area contributed by atoms with E-state index >= 15 is 0 Å². The Hall–Kier alpha value is -4.24. The molecule has 0 unspecified atom stereocenters. The van der Waals surface area contributed by atoms with E-state index in [1.54, 1.807) is 0 Å². The van der Waals surface area contributed by atoms with Crippen molar-refractivity contribution in [3.63, 3.8) is 0 Å². The summed E-state index contributed by atoms with van der Waals surface area (Å²) in [6.45, 7) is 8.71. The third-order valence-electron chi connectivity index (χ3n) is 7.28. The van der Waals surface area contributed by atoms with Crippen LogP contribution in [-0.4, -0.2) is 15.0 Å². The number of pyridine rings is 1. The van der Waals surface area contributed by atoms with Gasteiger partial charge in [-0.3, -0.25) is 9.97 Å². The van der Waals surface area contributed by atoms with E-state index in [2.05, 4.69) is 110 Å². The van der Waals surface area contributed by atoms with E-state index in [1.807, 2.05) is 48.8 Å². The smallest absolute Gasteiger partial charge is 0.0756 e. The van der Waals surface area contributed by atoms with Gasteiger partial charge in [-0.2, -0.15) is 0 Å². The molecule has 0 N–H and O–H groups in total. The third-order valence-corrected chi connectivity index (χ3v) is 7.28. The zero-order chi connectivity index (χ0) is 29.1. The van der Waals surface area contributed by atoms with Gasteiger partial charge in [0.1, 0.15) is 0 Å². The summed E-state index contributed by atoms with van der Waals surface area (Å²) >= 11 is 0. The van der Waals surface area contributed by atoms with E-state index in [0.29, 0.717) is 5.92 Å². The average Bonchev–Trinajstić information content (AvgIpc) is 3.00. The first-order valence-corrected chi connectivity index (χ1v) is 14.4. The van der Waals surface area contributed by atoms with Gasteiger partial charge in [-0.25, -0.2) is 0 Å². The van der Waals surface area contributed by atoms with Crippen LogP contribution in [0.2, 0.25) is 0 Å². The molecule has 215 valence electrons. The van der Waals surface area contributed by atoms with Gasteiger partial charge in [-0.1, -0.05) is 88.4 Å². The molecule has 0 fully saturated rings. The van der Waals surface area contributed by atoms with Gasteiger partial charge >= 0.3 is 0 Å². The Labute approximate surface area is 267 Å². The Bertz CT molecular complexity index is 2000. The van der Waals surface area contributed by atoms with Gasteiger partial charge in [0.2, 0.25) is 0 Å². The largest absolute Gasteiger partial charge is 0.304 e. The Balaban J connectivity index is 0.000000168. The van der Waals surface area contributed by atoms with Gasteiger partial charge in [-0.15, -0.1) is 70.8 Å². The van der Waals surface area contributed by atoms with Gasteiger partial charge in [-0.05, 0) is 39.8 Å². The summed E-state index contributed by atoms with van der Waals surface area (Å²) < 4.78 is 0. The van der Waals surface area contributed by atoms with Crippen molar-refractivity contribution in [3.8, 4) is 22.6 Å². The molecule has 0 aliphatic carbocycles. The van der Waals surface area contributed by atoms with Crippen LogP contribution in [0.5, 0.6) is 0 Å². The van der Waals surface area contributed by atoms with E-state index in [1.165, 1.54) is 27.3 Å². The number of hydrogen-bond donors (Lipinski definition) is 0. The number of aromatic nitrogens is 3. The van der Waals surface area contributed by atoms with Crippen molar-refractivity contribution in [1.82, 2.24) is 15.0 Å². The predicted molar refractivity (Wildman–Crippen MR) is 175 cm³/mol. The molecule has 3 nitrogen and oxygen atoms in total. The molecule has 0 amide bonds. The van der Waals surface area contributed by atoms with Gasteiger partial charge in [0, 0.05) is 43.3 Å². The SMILES string of the molecule is Cc1[c-]c(-c2cc3cc(CC(C)C)ccc3cn2)cc(C)c1.[Ir].[c-]1ccccc1-c1ncc2ccc3ccccc3c2n1. The topological polar surface area (TPSA) is 38.7 Å². The van der Waals surface area contributed by atoms with Crippen molar-refractivity contribution >= 4 is 32.4 Å². The van der Waals surface area contributed by atoms with E-state index < -0.39 is 0 Å². The van der Waals surface area contributed by atoms with Crippen molar-refractivity contribution in [2.24, 2.45) is 5.92 Å². The van der Waals surface area contributed by atoms with Crippen LogP contribution in [0.25, 0.3) is 55.1 Å². The molecule has 0 saturated carbocycles. The fourth-order valence-corrected chi connectivity index (χ4v) is 5.40. The molecule has 5 aromatic carbocycles. The number of benzene rings is 5. The van der Waals surface area contributed by atoms with Crippen molar-refractivity contribution in [3.05, 3.63) is 138 Å². The van der Waals surface area contributed by atoms with Crippen LogP contribution in [0.3, 0.4) is 0 Å². The standard InChI is InChI=1S/C21H22N.C18H11N2.Ir/c1-14(2)7-17-5-6-18-13-22-21(12-19(18)11-17)20-9-15(3)8-16(4)10-20;1-2-7-14(8-3-1)18-19-12-15-11-10-13-6-4-5-9-16(13)17(15)20-18;/h5-6,8-9,11-14H,7H2,1-4H3;1-7,9-12H;/q2*-1;. The van der Waals surface area contributed by atoms with Crippen LogP contribution in [0, 0.1) is 31.9 Å². The van der Waals surface area contributed by atoms with Crippen molar-refractivity contribution < 1.29 is 20.1 Å². The molecule has 0 aliphatic heterocycles. The van der Waals surface area contributed by atoms with Gasteiger partial charge in [0.05, 0.1) is 11.3 Å². The molecule has 0 saturated heterocycles. The summed E-state index contributed by atoms with van der Waals surface area (Å²) in [7, 11) is 0. The fourth-order valence-electron chi connectivity index (χ4n) is 5.40. The second-order valence-corrected chi connectivity index (χ2v) is 11.3. The number of fused-ring (bicyclic) bond motifs is 4. The zero-order valence-electron chi connectivity index (χ0n) is 24.9. The Kier molecular flexibility index (Phi) is 9.40. The Morgan fingerprint density at radius 3 is 2.26 bits per heavy atom. The summed E-state index contributed by atoms with van der Waals surface area (Å²) in [5.74, 6) is 1.39. The van der Waals surface area contributed by atoms with Gasteiger partial charge < -0.3 is 4.98 Å². The minimum absolute atomic E-state index is 0. The fraction of sp³-hybridized carbons (Fsp3) is 0.154. The predicted octanol–water partition coefficient (Wildman–Crippen LogP) is 9.77. The minimum Gasteiger partial charge on any atom is -0.304 e. The summed E-state index contributed by atoms with van der Waals surface area (Å²) in [6, 6.07) is 40.0. The number of hydrogen-bond acceptors (Lipinski definition) is 3. The van der Waals surface area contributed by atoms with E-state index in [-0.39, 0.29) is 20.1 Å². The Morgan fingerprint density at radius 1 is 0.698 bits per heavy atom. The van der Waals surface area contributed by atoms with Crippen LogP contribution in [-0.2, 0) is 26.5 Å². The van der Waals surface area contributed by atoms with Crippen LogP contribution >= 0.6 is 0 Å². The van der Waals surface area contributed by atoms with E-state index in [9.17, 15) is 0 Å². The first-order chi connectivity index (χ1) is 20.4. The average molecular weight is 736 g/mol. The first kappa shape index (κ1) is 30.2. The van der Waals surface area contributed by atoms with E-state index in [0.717, 1.165) is 50.9 Å². The molecule has 0 aliphatic rings. The van der Waals surface area contributed by atoms with Crippen LogP contribution < -0.4 is 0 Å². The molecule has 7 rings (SSSR count). The maximum Gasteiger partial charge on any atom is 0.0756 e. The molecule has 4 heteroatoms. The zero-order valence-corrected chi connectivity index (χ0v) is 27.2. The first-order valence-electron chi connectivity index (χ1n) is 14.4. The molecular formula is C39H33IrN3-2. The molecule has 0 spiro atoms. The maximum atomic E-state index is 4.73. The number of rotatable bonds is 4. The number of aryl methyl sites for hydroxylation is 2. The van der Waals surface area contributed by atoms with Crippen LogP contribution in [0.4, 0.5) is 0 Å². The summed E-state index contributed by atoms with van der Waals surface area (Å²) in [5.41, 5.74) is 7.79. The van der Waals surface area contributed by atoms with Crippen LogP contribution in [0.1, 0.15) is 30.5 Å². The monoisotopic (exact) mass is 736 g/mol. The molecule has 1 radical (unpaired) electrons. The van der Waals surface area contributed by atoms with Crippen molar-refractivity contribution in [2.75, 3.05) is 0 Å². The van der Waals surface area contributed by atoms with E-state index in [4.69, 9.17) is 4.98 Å². The molecule has 43 heavy (non-hydrogen) atoms. The van der Waals surface area contributed by atoms with Crippen molar-refractivity contribution in [2.45, 2.75) is 34.1 Å². The normalized spacial score (nSPS) is 10.9. The molecule has 0 bridgehead atoms. The molecular weight excluding hydrogens is 703 g/mol. The van der Waals surface area contributed by atoms with Gasteiger partial charge in [0.25, 0.3) is 0 Å². The maximum absolute atomic E-state index is 4.73.